The minimum Gasteiger partial charge on any atom is -0.456 e. The van der Waals surface area contributed by atoms with Crippen LogP contribution >= 0.6 is 0 Å². The van der Waals surface area contributed by atoms with Gasteiger partial charge in [0.05, 0.1) is 18.9 Å². The van der Waals surface area contributed by atoms with Gasteiger partial charge in [-0.15, -0.1) is 0 Å². The molecule has 0 aliphatic carbocycles. The highest BCUT2D eigenvalue weighted by Gasteiger charge is 2.18. The smallest absolute Gasteiger partial charge is 0.306 e. The second-order valence-corrected chi connectivity index (χ2v) is 6.33. The lowest BCUT2D eigenvalue weighted by Crippen LogP contribution is -2.35. The molecule has 0 bridgehead atoms. The van der Waals surface area contributed by atoms with E-state index in [4.69, 9.17) is 14.5 Å². The predicted octanol–water partition coefficient (Wildman–Crippen LogP) is 3.16. The number of carbonyl (C=O) groups excluding carboxylic acids is 2. The molecule has 0 saturated heterocycles. The molecule has 152 valence electrons. The van der Waals surface area contributed by atoms with Crippen LogP contribution in [0, 0.1) is 11.3 Å². The van der Waals surface area contributed by atoms with Crippen LogP contribution in [-0.2, 0) is 20.7 Å². The van der Waals surface area contributed by atoms with Gasteiger partial charge in [-0.1, -0.05) is 53.7 Å². The Hall–Kier alpha value is -3.99. The summed E-state index contributed by atoms with van der Waals surface area (Å²) in [6, 6.07) is 20.3. The number of aryl methyl sites for hydroxylation is 1. The Morgan fingerprint density at radius 1 is 1.07 bits per heavy atom. The maximum atomic E-state index is 12.5. The number of anilines is 1. The lowest BCUT2D eigenvalue weighted by atomic mass is 10.2. The summed E-state index contributed by atoms with van der Waals surface area (Å²) in [4.78, 5) is 30.2. The Balaban J connectivity index is 1.49. The second kappa shape index (κ2) is 10.5. The van der Waals surface area contributed by atoms with E-state index in [1.54, 1.807) is 24.3 Å². The molecule has 0 saturated carbocycles. The Morgan fingerprint density at radius 2 is 1.77 bits per heavy atom. The lowest BCUT2D eigenvalue weighted by molar-refractivity contribution is -0.147. The van der Waals surface area contributed by atoms with Crippen LogP contribution in [0.3, 0.4) is 0 Å². The van der Waals surface area contributed by atoms with Gasteiger partial charge in [-0.25, -0.2) is 0 Å². The van der Waals surface area contributed by atoms with Gasteiger partial charge in [0, 0.05) is 24.2 Å². The molecule has 8 nitrogen and oxygen atoms in total. The molecule has 30 heavy (non-hydrogen) atoms. The molecule has 2 aromatic carbocycles. The highest BCUT2D eigenvalue weighted by molar-refractivity contribution is 5.95. The van der Waals surface area contributed by atoms with Crippen LogP contribution < -0.4 is 4.90 Å². The van der Waals surface area contributed by atoms with Crippen molar-refractivity contribution in [3.8, 4) is 17.5 Å². The van der Waals surface area contributed by atoms with E-state index >= 15 is 0 Å². The Morgan fingerprint density at radius 3 is 2.47 bits per heavy atom. The summed E-state index contributed by atoms with van der Waals surface area (Å²) >= 11 is 0. The van der Waals surface area contributed by atoms with Gasteiger partial charge >= 0.3 is 5.97 Å². The van der Waals surface area contributed by atoms with Gasteiger partial charge in [-0.05, 0) is 12.1 Å². The first kappa shape index (κ1) is 20.7. The molecule has 1 aromatic heterocycles. The van der Waals surface area contributed by atoms with E-state index in [1.165, 1.54) is 4.90 Å². The highest BCUT2D eigenvalue weighted by Crippen LogP contribution is 2.16. The number of nitrogens with zero attached hydrogens (tertiary/aromatic N) is 4. The number of aromatic nitrogens is 2. The number of ether oxygens (including phenoxy) is 1. The first-order valence-corrected chi connectivity index (χ1v) is 9.43. The normalized spacial score (nSPS) is 10.2. The molecule has 0 N–H and O–H groups in total. The fraction of sp³-hybridized carbons (Fsp3) is 0.227. The van der Waals surface area contributed by atoms with Crippen LogP contribution in [0.15, 0.2) is 65.2 Å². The zero-order valence-electron chi connectivity index (χ0n) is 16.2. The monoisotopic (exact) mass is 404 g/mol. The second-order valence-electron chi connectivity index (χ2n) is 6.33. The summed E-state index contributed by atoms with van der Waals surface area (Å²) in [7, 11) is 0. The molecule has 1 amide bonds. The number of benzene rings is 2. The fourth-order valence-electron chi connectivity index (χ4n) is 2.73. The van der Waals surface area contributed by atoms with Crippen molar-refractivity contribution in [2.75, 3.05) is 18.1 Å². The lowest BCUT2D eigenvalue weighted by Gasteiger charge is -2.21. The van der Waals surface area contributed by atoms with Gasteiger partial charge in [0.1, 0.15) is 0 Å². The van der Waals surface area contributed by atoms with Crippen molar-refractivity contribution >= 4 is 17.6 Å². The minimum atomic E-state index is -0.545. The van der Waals surface area contributed by atoms with Gasteiger partial charge in [0.15, 0.2) is 6.61 Å². The number of carbonyl (C=O) groups is 2. The van der Waals surface area contributed by atoms with Crippen molar-refractivity contribution in [1.82, 2.24) is 10.1 Å². The quantitative estimate of drug-likeness (QED) is 0.504. The SMILES string of the molecule is N#CCCN(C(=O)COC(=O)CCc1nc(-c2ccccc2)no1)c1ccccc1. The van der Waals surface area contributed by atoms with Crippen molar-refractivity contribution in [3.05, 3.63) is 66.6 Å². The molecule has 0 fully saturated rings. The molecule has 0 unspecified atom stereocenters. The van der Waals surface area contributed by atoms with Crippen LogP contribution in [-0.4, -0.2) is 35.2 Å². The van der Waals surface area contributed by atoms with Crippen molar-refractivity contribution in [2.45, 2.75) is 19.3 Å². The maximum Gasteiger partial charge on any atom is 0.306 e. The number of rotatable bonds is 9. The maximum absolute atomic E-state index is 12.5. The van der Waals surface area contributed by atoms with E-state index in [2.05, 4.69) is 10.1 Å². The largest absolute Gasteiger partial charge is 0.456 e. The standard InChI is InChI=1S/C22H20N4O4/c23-14-7-15-26(18-10-5-2-6-11-18)20(27)16-29-21(28)13-12-19-24-22(25-30-19)17-8-3-1-4-9-17/h1-6,8-11H,7,12-13,15-16H2. The van der Waals surface area contributed by atoms with Crippen molar-refractivity contribution in [3.63, 3.8) is 0 Å². The average molecular weight is 404 g/mol. The van der Waals surface area contributed by atoms with Crippen LogP contribution in [0.5, 0.6) is 0 Å². The van der Waals surface area contributed by atoms with Gasteiger partial charge < -0.3 is 14.2 Å². The molecule has 3 aromatic rings. The van der Waals surface area contributed by atoms with E-state index in [0.29, 0.717) is 17.4 Å². The van der Waals surface area contributed by atoms with Gasteiger partial charge in [-0.3, -0.25) is 9.59 Å². The average Bonchev–Trinajstić information content (AvgIpc) is 3.27. The third kappa shape index (κ3) is 5.75. The van der Waals surface area contributed by atoms with Gasteiger partial charge in [0.2, 0.25) is 11.7 Å². The van der Waals surface area contributed by atoms with Crippen LogP contribution in [0.2, 0.25) is 0 Å². The van der Waals surface area contributed by atoms with Crippen LogP contribution in [0.25, 0.3) is 11.4 Å². The van der Waals surface area contributed by atoms with E-state index in [0.717, 1.165) is 5.56 Å². The van der Waals surface area contributed by atoms with Crippen molar-refractivity contribution in [2.24, 2.45) is 0 Å². The van der Waals surface area contributed by atoms with Crippen molar-refractivity contribution in [1.29, 1.82) is 5.26 Å². The molecule has 3 rings (SSSR count). The third-order valence-corrected chi connectivity index (χ3v) is 4.22. The molecule has 8 heteroatoms. The zero-order chi connectivity index (χ0) is 21.2. The highest BCUT2D eigenvalue weighted by atomic mass is 16.5. The van der Waals surface area contributed by atoms with Gasteiger partial charge in [0.25, 0.3) is 5.91 Å². The summed E-state index contributed by atoms with van der Waals surface area (Å²) < 4.78 is 10.3. The summed E-state index contributed by atoms with van der Waals surface area (Å²) in [5, 5.41) is 12.7. The minimum absolute atomic E-state index is 0.00718. The van der Waals surface area contributed by atoms with E-state index in [1.807, 2.05) is 42.5 Å². The molecule has 0 radical (unpaired) electrons. The predicted molar refractivity (Wildman–Crippen MR) is 108 cm³/mol. The summed E-state index contributed by atoms with van der Waals surface area (Å²) in [5.41, 5.74) is 1.46. The Labute approximate surface area is 173 Å². The van der Waals surface area contributed by atoms with Crippen LogP contribution in [0.4, 0.5) is 5.69 Å². The van der Waals surface area contributed by atoms with Gasteiger partial charge in [-0.2, -0.15) is 10.2 Å². The first-order chi connectivity index (χ1) is 14.7. The first-order valence-electron chi connectivity index (χ1n) is 9.43. The number of nitriles is 1. The van der Waals surface area contributed by atoms with E-state index in [-0.39, 0.29) is 25.8 Å². The Bertz CT molecular complexity index is 1010. The van der Waals surface area contributed by atoms with E-state index in [9.17, 15) is 9.59 Å². The number of hydrogen-bond acceptors (Lipinski definition) is 7. The summed E-state index contributed by atoms with van der Waals surface area (Å²) in [6.45, 7) is -0.181. The summed E-state index contributed by atoms with van der Waals surface area (Å²) in [6.07, 6.45) is 0.395. The summed E-state index contributed by atoms with van der Waals surface area (Å²) in [5.74, 6) is -0.174. The molecule has 0 atom stereocenters. The number of para-hydroxylation sites is 1. The molecule has 0 aliphatic rings. The van der Waals surface area contributed by atoms with Crippen molar-refractivity contribution < 1.29 is 18.8 Å². The molecular weight excluding hydrogens is 384 g/mol. The topological polar surface area (TPSA) is 109 Å². The number of amides is 1. The molecule has 0 aliphatic heterocycles. The number of esters is 1. The zero-order valence-corrected chi connectivity index (χ0v) is 16.2. The number of hydrogen-bond donors (Lipinski definition) is 0. The molecule has 1 heterocycles. The van der Waals surface area contributed by atoms with E-state index < -0.39 is 18.5 Å². The Kier molecular flexibility index (Phi) is 7.28. The molecular formula is C22H20N4O4. The van der Waals surface area contributed by atoms with Crippen LogP contribution in [0.1, 0.15) is 18.7 Å². The molecule has 0 spiro atoms. The fourth-order valence-corrected chi connectivity index (χ4v) is 2.73. The third-order valence-electron chi connectivity index (χ3n) is 4.22.